The number of carbonyl (C=O) groups is 1. The summed E-state index contributed by atoms with van der Waals surface area (Å²) in [5.41, 5.74) is 2.64. The second-order valence-corrected chi connectivity index (χ2v) is 7.58. The molecule has 4 rings (SSSR count). The summed E-state index contributed by atoms with van der Waals surface area (Å²) in [6, 6.07) is 17.7. The van der Waals surface area contributed by atoms with Crippen LogP contribution in [0.1, 0.15) is 31.2 Å². The number of halogens is 1. The molecule has 0 atom stereocenters. The van der Waals surface area contributed by atoms with Crippen LogP contribution < -0.4 is 10.2 Å². The van der Waals surface area contributed by atoms with Crippen LogP contribution in [0.2, 0.25) is 0 Å². The molecule has 3 aromatic rings. The van der Waals surface area contributed by atoms with Gasteiger partial charge in [0.15, 0.2) is 5.82 Å². The molecule has 1 N–H and O–H groups in total. The third-order valence-electron chi connectivity index (χ3n) is 5.33. The largest absolute Gasteiger partial charge is 0.355 e. The van der Waals surface area contributed by atoms with Crippen LogP contribution in [0.4, 0.5) is 15.9 Å². The summed E-state index contributed by atoms with van der Waals surface area (Å²) in [5.74, 6) is 0.274. The average Bonchev–Trinajstić information content (AvgIpc) is 3.05. The molecule has 0 saturated carbocycles. The van der Waals surface area contributed by atoms with Gasteiger partial charge in [-0.15, -0.1) is 10.2 Å². The van der Waals surface area contributed by atoms with Crippen molar-refractivity contribution in [2.24, 2.45) is 0 Å². The second kappa shape index (κ2) is 9.48. The van der Waals surface area contributed by atoms with E-state index in [4.69, 9.17) is 0 Å². The molecular formula is C24H25FN4O. The fourth-order valence-corrected chi connectivity index (χ4v) is 3.72. The first-order valence-corrected chi connectivity index (χ1v) is 10.4. The maximum Gasteiger partial charge on any atom is 0.228 e. The summed E-state index contributed by atoms with van der Waals surface area (Å²) >= 11 is 0. The number of benzene rings is 2. The Morgan fingerprint density at radius 1 is 0.933 bits per heavy atom. The molecule has 6 heteroatoms. The Morgan fingerprint density at radius 3 is 2.47 bits per heavy atom. The number of aromatic nitrogens is 2. The van der Waals surface area contributed by atoms with Gasteiger partial charge in [-0.3, -0.25) is 4.79 Å². The molecule has 1 aliphatic heterocycles. The van der Waals surface area contributed by atoms with Gasteiger partial charge in [0.05, 0.1) is 12.1 Å². The highest BCUT2D eigenvalue weighted by molar-refractivity contribution is 5.92. The first-order valence-electron chi connectivity index (χ1n) is 10.4. The van der Waals surface area contributed by atoms with Crippen molar-refractivity contribution in [3.8, 4) is 11.3 Å². The van der Waals surface area contributed by atoms with Crippen LogP contribution in [-0.2, 0) is 11.2 Å². The third kappa shape index (κ3) is 5.00. The third-order valence-corrected chi connectivity index (χ3v) is 5.33. The van der Waals surface area contributed by atoms with Crippen molar-refractivity contribution in [1.29, 1.82) is 0 Å². The minimum absolute atomic E-state index is 0.0127. The topological polar surface area (TPSA) is 58.1 Å². The lowest BCUT2D eigenvalue weighted by molar-refractivity contribution is -0.115. The molecule has 2 heterocycles. The SMILES string of the molecule is O=C(Cc1ccccc1F)Nc1cccc(-c2ccc(N3CCCCCC3)nn2)c1. The molecule has 0 radical (unpaired) electrons. The quantitative estimate of drug-likeness (QED) is 0.661. The average molecular weight is 404 g/mol. The predicted octanol–water partition coefficient (Wildman–Crippen LogP) is 4.84. The minimum Gasteiger partial charge on any atom is -0.355 e. The molecule has 1 aromatic heterocycles. The van der Waals surface area contributed by atoms with Gasteiger partial charge in [0.25, 0.3) is 0 Å². The Balaban J connectivity index is 1.44. The Labute approximate surface area is 176 Å². The van der Waals surface area contributed by atoms with Crippen molar-refractivity contribution in [2.75, 3.05) is 23.3 Å². The lowest BCUT2D eigenvalue weighted by Crippen LogP contribution is -2.25. The zero-order chi connectivity index (χ0) is 20.8. The van der Waals surface area contributed by atoms with Crippen LogP contribution in [0, 0.1) is 5.82 Å². The van der Waals surface area contributed by atoms with Gasteiger partial charge in [-0.25, -0.2) is 4.39 Å². The van der Waals surface area contributed by atoms with E-state index in [2.05, 4.69) is 20.4 Å². The van der Waals surface area contributed by atoms with Gasteiger partial charge in [-0.1, -0.05) is 43.2 Å². The summed E-state index contributed by atoms with van der Waals surface area (Å²) in [6.07, 6.45) is 4.92. The smallest absolute Gasteiger partial charge is 0.228 e. The first kappa shape index (κ1) is 20.0. The van der Waals surface area contributed by atoms with Crippen molar-refractivity contribution in [2.45, 2.75) is 32.1 Å². The Kier molecular flexibility index (Phi) is 6.32. The van der Waals surface area contributed by atoms with Crippen LogP contribution in [0.5, 0.6) is 0 Å². The maximum absolute atomic E-state index is 13.8. The molecule has 2 aromatic carbocycles. The highest BCUT2D eigenvalue weighted by Gasteiger charge is 2.12. The number of nitrogens with one attached hydrogen (secondary N) is 1. The van der Waals surface area contributed by atoms with Crippen molar-refractivity contribution in [1.82, 2.24) is 10.2 Å². The van der Waals surface area contributed by atoms with E-state index in [1.165, 1.54) is 31.7 Å². The summed E-state index contributed by atoms with van der Waals surface area (Å²) in [6.45, 7) is 2.05. The number of rotatable bonds is 5. The van der Waals surface area contributed by atoms with Gasteiger partial charge in [0, 0.05) is 24.3 Å². The number of hydrogen-bond donors (Lipinski definition) is 1. The van der Waals surface area contributed by atoms with E-state index in [0.29, 0.717) is 11.3 Å². The van der Waals surface area contributed by atoms with Crippen LogP contribution in [0.3, 0.4) is 0 Å². The Hall–Kier alpha value is -3.28. The van der Waals surface area contributed by atoms with Gasteiger partial charge in [-0.2, -0.15) is 0 Å². The predicted molar refractivity (Wildman–Crippen MR) is 117 cm³/mol. The lowest BCUT2D eigenvalue weighted by atomic mass is 10.1. The molecule has 1 saturated heterocycles. The van der Waals surface area contributed by atoms with Gasteiger partial charge in [0.1, 0.15) is 5.82 Å². The fraction of sp³-hybridized carbons (Fsp3) is 0.292. The van der Waals surface area contributed by atoms with Crippen molar-refractivity contribution >= 4 is 17.4 Å². The molecule has 0 aliphatic carbocycles. The first-order chi connectivity index (χ1) is 14.7. The Morgan fingerprint density at radius 2 is 1.73 bits per heavy atom. The minimum atomic E-state index is -0.374. The van der Waals surface area contributed by atoms with E-state index >= 15 is 0 Å². The summed E-state index contributed by atoms with van der Waals surface area (Å²) < 4.78 is 13.8. The molecule has 0 unspecified atom stereocenters. The summed E-state index contributed by atoms with van der Waals surface area (Å²) in [7, 11) is 0. The van der Waals surface area contributed by atoms with E-state index in [1.807, 2.05) is 36.4 Å². The van der Waals surface area contributed by atoms with Crippen molar-refractivity contribution in [3.63, 3.8) is 0 Å². The number of carbonyl (C=O) groups excluding carboxylic acids is 1. The summed E-state index contributed by atoms with van der Waals surface area (Å²) in [4.78, 5) is 14.6. The zero-order valence-corrected chi connectivity index (χ0v) is 16.9. The van der Waals surface area contributed by atoms with Crippen LogP contribution in [0.25, 0.3) is 11.3 Å². The monoisotopic (exact) mass is 404 g/mol. The number of hydrogen-bond acceptors (Lipinski definition) is 4. The van der Waals surface area contributed by atoms with Gasteiger partial charge >= 0.3 is 0 Å². The molecular weight excluding hydrogens is 379 g/mol. The normalized spacial score (nSPS) is 14.2. The summed E-state index contributed by atoms with van der Waals surface area (Å²) in [5, 5.41) is 11.7. The molecule has 0 bridgehead atoms. The fourth-order valence-electron chi connectivity index (χ4n) is 3.72. The molecule has 1 fully saturated rings. The van der Waals surface area contributed by atoms with E-state index < -0.39 is 0 Å². The Bertz CT molecular complexity index is 998. The van der Waals surface area contributed by atoms with E-state index in [9.17, 15) is 9.18 Å². The molecule has 5 nitrogen and oxygen atoms in total. The van der Waals surface area contributed by atoms with Gasteiger partial charge < -0.3 is 10.2 Å². The van der Waals surface area contributed by atoms with E-state index in [1.54, 1.807) is 18.2 Å². The van der Waals surface area contributed by atoms with Crippen LogP contribution in [0.15, 0.2) is 60.7 Å². The van der Waals surface area contributed by atoms with Gasteiger partial charge in [-0.05, 0) is 48.7 Å². The highest BCUT2D eigenvalue weighted by Crippen LogP contribution is 2.23. The molecule has 1 aliphatic rings. The van der Waals surface area contributed by atoms with E-state index in [-0.39, 0.29) is 18.1 Å². The van der Waals surface area contributed by atoms with Crippen molar-refractivity contribution < 1.29 is 9.18 Å². The molecule has 1 amide bonds. The lowest BCUT2D eigenvalue weighted by Gasteiger charge is -2.20. The number of anilines is 2. The number of nitrogens with zero attached hydrogens (tertiary/aromatic N) is 3. The molecule has 154 valence electrons. The van der Waals surface area contributed by atoms with Crippen LogP contribution >= 0.6 is 0 Å². The van der Waals surface area contributed by atoms with E-state index in [0.717, 1.165) is 30.2 Å². The standard InChI is InChI=1S/C24H25FN4O/c25-21-11-4-3-8-18(21)17-24(30)26-20-10-7-9-19(16-20)22-12-13-23(28-27-22)29-14-5-1-2-6-15-29/h3-4,7-13,16H,1-2,5-6,14-15,17H2,(H,26,30). The van der Waals surface area contributed by atoms with Gasteiger partial charge in [0.2, 0.25) is 5.91 Å². The number of amides is 1. The maximum atomic E-state index is 13.8. The highest BCUT2D eigenvalue weighted by atomic mass is 19.1. The van der Waals surface area contributed by atoms with Crippen molar-refractivity contribution in [3.05, 3.63) is 72.0 Å². The zero-order valence-electron chi connectivity index (χ0n) is 16.9. The second-order valence-electron chi connectivity index (χ2n) is 7.58. The van der Waals surface area contributed by atoms with Crippen LogP contribution in [-0.4, -0.2) is 29.2 Å². The molecule has 30 heavy (non-hydrogen) atoms. The molecule has 0 spiro atoms.